The summed E-state index contributed by atoms with van der Waals surface area (Å²) in [6, 6.07) is 14.1. The minimum absolute atomic E-state index is 0.991. The zero-order chi connectivity index (χ0) is 11.5. The van der Waals surface area contributed by atoms with Gasteiger partial charge in [-0.15, -0.1) is 0 Å². The van der Waals surface area contributed by atoms with Gasteiger partial charge in [-0.1, -0.05) is 24.3 Å². The lowest BCUT2D eigenvalue weighted by Gasteiger charge is -1.96. The molecule has 0 unspecified atom stereocenters. The van der Waals surface area contributed by atoms with E-state index in [-0.39, 0.29) is 0 Å². The molecule has 3 rings (SSSR count). The second-order valence-electron chi connectivity index (χ2n) is 3.75. The smallest absolute Gasteiger partial charge is 0.0718 e. The maximum atomic E-state index is 4.42. The van der Waals surface area contributed by atoms with Crippen LogP contribution in [0.4, 0.5) is 0 Å². The fraction of sp³-hybridized carbons (Fsp3) is 0. The van der Waals surface area contributed by atoms with E-state index in [4.69, 9.17) is 0 Å². The average molecular weight is 221 g/mol. The third kappa shape index (κ3) is 1.95. The lowest BCUT2D eigenvalue weighted by Crippen LogP contribution is -1.88. The SMILES string of the molecule is C(=N/n1ccc2ccccc21)/c1cccnc1. The molecule has 3 nitrogen and oxygen atoms in total. The van der Waals surface area contributed by atoms with Crippen molar-refractivity contribution in [3.05, 3.63) is 66.6 Å². The predicted octanol–water partition coefficient (Wildman–Crippen LogP) is 2.92. The molecule has 0 aliphatic rings. The predicted molar refractivity (Wildman–Crippen MR) is 69.2 cm³/mol. The van der Waals surface area contributed by atoms with Crippen molar-refractivity contribution < 1.29 is 0 Å². The molecule has 0 fully saturated rings. The van der Waals surface area contributed by atoms with E-state index < -0.39 is 0 Å². The number of pyridine rings is 1. The normalized spacial score (nSPS) is 11.3. The summed E-state index contributed by atoms with van der Waals surface area (Å²) in [6.45, 7) is 0. The van der Waals surface area contributed by atoms with Gasteiger partial charge in [0.15, 0.2) is 0 Å². The summed E-state index contributed by atoms with van der Waals surface area (Å²) in [4.78, 5) is 4.05. The van der Waals surface area contributed by atoms with E-state index in [1.807, 2.05) is 35.1 Å². The highest BCUT2D eigenvalue weighted by atomic mass is 15.3. The molecule has 0 N–H and O–H groups in total. The monoisotopic (exact) mass is 221 g/mol. The molecule has 0 aliphatic carbocycles. The van der Waals surface area contributed by atoms with Crippen LogP contribution < -0.4 is 0 Å². The molecule has 0 spiro atoms. The Kier molecular flexibility index (Phi) is 2.43. The molecular weight excluding hydrogens is 210 g/mol. The Morgan fingerprint density at radius 3 is 2.88 bits per heavy atom. The van der Waals surface area contributed by atoms with Gasteiger partial charge in [0.05, 0.1) is 11.7 Å². The molecule has 0 saturated heterocycles. The van der Waals surface area contributed by atoms with Crippen molar-refractivity contribution in [2.45, 2.75) is 0 Å². The van der Waals surface area contributed by atoms with Crippen molar-refractivity contribution in [2.75, 3.05) is 0 Å². The van der Waals surface area contributed by atoms with Gasteiger partial charge < -0.3 is 0 Å². The van der Waals surface area contributed by atoms with E-state index >= 15 is 0 Å². The van der Waals surface area contributed by atoms with Crippen LogP contribution in [0.2, 0.25) is 0 Å². The van der Waals surface area contributed by atoms with Crippen LogP contribution in [0.1, 0.15) is 5.56 Å². The first-order chi connectivity index (χ1) is 8.43. The molecule has 2 heterocycles. The van der Waals surface area contributed by atoms with E-state index in [0.717, 1.165) is 11.1 Å². The van der Waals surface area contributed by atoms with Crippen LogP contribution >= 0.6 is 0 Å². The largest absolute Gasteiger partial charge is 0.264 e. The van der Waals surface area contributed by atoms with Gasteiger partial charge in [0.2, 0.25) is 0 Å². The standard InChI is InChI=1S/C14H11N3/c1-2-6-14-13(5-1)7-9-17(14)16-11-12-4-3-8-15-10-12/h1-11H/b16-11-. The van der Waals surface area contributed by atoms with Crippen LogP contribution in [0.3, 0.4) is 0 Å². The van der Waals surface area contributed by atoms with Crippen molar-refractivity contribution in [1.82, 2.24) is 9.66 Å². The molecular formula is C14H11N3. The third-order valence-corrected chi connectivity index (χ3v) is 2.59. The third-order valence-electron chi connectivity index (χ3n) is 2.59. The number of para-hydroxylation sites is 1. The number of hydrogen-bond donors (Lipinski definition) is 0. The molecule has 3 heteroatoms. The molecule has 0 saturated carbocycles. The van der Waals surface area contributed by atoms with Crippen molar-refractivity contribution in [2.24, 2.45) is 5.10 Å². The molecule has 82 valence electrons. The van der Waals surface area contributed by atoms with Gasteiger partial charge in [0, 0.05) is 29.5 Å². The Bertz CT molecular complexity index is 653. The molecule has 0 atom stereocenters. The van der Waals surface area contributed by atoms with Gasteiger partial charge in [-0.2, -0.15) is 5.10 Å². The number of fused-ring (bicyclic) bond motifs is 1. The van der Waals surface area contributed by atoms with Gasteiger partial charge >= 0.3 is 0 Å². The molecule has 0 aliphatic heterocycles. The van der Waals surface area contributed by atoms with E-state index in [2.05, 4.69) is 28.3 Å². The fourth-order valence-electron chi connectivity index (χ4n) is 1.75. The Balaban J connectivity index is 1.98. The van der Waals surface area contributed by atoms with Crippen LogP contribution in [-0.4, -0.2) is 15.9 Å². The van der Waals surface area contributed by atoms with E-state index in [0.29, 0.717) is 0 Å². The summed E-state index contributed by atoms with van der Waals surface area (Å²) in [5, 5.41) is 5.61. The Morgan fingerprint density at radius 1 is 1.06 bits per heavy atom. The lowest BCUT2D eigenvalue weighted by molar-refractivity contribution is 0.933. The molecule has 0 bridgehead atoms. The molecule has 0 radical (unpaired) electrons. The van der Waals surface area contributed by atoms with Gasteiger partial charge in [0.25, 0.3) is 0 Å². The number of nitrogens with zero attached hydrogens (tertiary/aromatic N) is 3. The molecule has 17 heavy (non-hydrogen) atoms. The maximum absolute atomic E-state index is 4.42. The van der Waals surface area contributed by atoms with Crippen molar-refractivity contribution in [1.29, 1.82) is 0 Å². The van der Waals surface area contributed by atoms with Crippen molar-refractivity contribution >= 4 is 17.1 Å². The first kappa shape index (κ1) is 9.78. The second-order valence-corrected chi connectivity index (χ2v) is 3.75. The highest BCUT2D eigenvalue weighted by Gasteiger charge is 1.96. The first-order valence-corrected chi connectivity index (χ1v) is 5.44. The first-order valence-electron chi connectivity index (χ1n) is 5.44. The van der Waals surface area contributed by atoms with Crippen LogP contribution in [0.25, 0.3) is 10.9 Å². The highest BCUT2D eigenvalue weighted by molar-refractivity contribution is 5.82. The summed E-state index contributed by atoms with van der Waals surface area (Å²) >= 11 is 0. The summed E-state index contributed by atoms with van der Waals surface area (Å²) in [5.41, 5.74) is 2.10. The molecule has 2 aromatic heterocycles. The van der Waals surface area contributed by atoms with Crippen LogP contribution in [0, 0.1) is 0 Å². The Labute approximate surface area is 99.0 Å². The van der Waals surface area contributed by atoms with E-state index in [1.54, 1.807) is 18.6 Å². The van der Waals surface area contributed by atoms with Crippen LogP contribution in [0.15, 0.2) is 66.2 Å². The summed E-state index contributed by atoms with van der Waals surface area (Å²) in [5.74, 6) is 0. The molecule has 3 aromatic rings. The van der Waals surface area contributed by atoms with Gasteiger partial charge in [0.1, 0.15) is 0 Å². The molecule has 0 amide bonds. The minimum atomic E-state index is 0.991. The summed E-state index contributed by atoms with van der Waals surface area (Å²) in [6.07, 6.45) is 7.30. The quantitative estimate of drug-likeness (QED) is 0.612. The Hall–Kier alpha value is -2.42. The van der Waals surface area contributed by atoms with E-state index in [1.165, 1.54) is 5.39 Å². The summed E-state index contributed by atoms with van der Waals surface area (Å²) in [7, 11) is 0. The Morgan fingerprint density at radius 2 is 2.00 bits per heavy atom. The number of hydrogen-bond acceptors (Lipinski definition) is 2. The topological polar surface area (TPSA) is 30.2 Å². The number of benzene rings is 1. The lowest BCUT2D eigenvalue weighted by atomic mass is 10.3. The highest BCUT2D eigenvalue weighted by Crippen LogP contribution is 2.14. The van der Waals surface area contributed by atoms with E-state index in [9.17, 15) is 0 Å². The van der Waals surface area contributed by atoms with Crippen LogP contribution in [-0.2, 0) is 0 Å². The fourth-order valence-corrected chi connectivity index (χ4v) is 1.75. The van der Waals surface area contributed by atoms with Crippen molar-refractivity contribution in [3.63, 3.8) is 0 Å². The number of rotatable bonds is 2. The summed E-state index contributed by atoms with van der Waals surface area (Å²) < 4.78 is 1.86. The van der Waals surface area contributed by atoms with Gasteiger partial charge in [-0.25, -0.2) is 4.68 Å². The average Bonchev–Trinajstić information content (AvgIpc) is 2.81. The zero-order valence-electron chi connectivity index (χ0n) is 9.19. The number of aromatic nitrogens is 2. The zero-order valence-corrected chi connectivity index (χ0v) is 9.19. The molecule has 1 aromatic carbocycles. The van der Waals surface area contributed by atoms with Crippen molar-refractivity contribution in [3.8, 4) is 0 Å². The minimum Gasteiger partial charge on any atom is -0.264 e. The maximum Gasteiger partial charge on any atom is 0.0718 e. The second kappa shape index (κ2) is 4.22. The van der Waals surface area contributed by atoms with Gasteiger partial charge in [-0.3, -0.25) is 4.98 Å². The van der Waals surface area contributed by atoms with Gasteiger partial charge in [-0.05, 0) is 18.2 Å². The van der Waals surface area contributed by atoms with Crippen LogP contribution in [0.5, 0.6) is 0 Å².